The standard InChI is InChI=1S/C16H24N2O2.ClH/c1-12-3-4-13(2)15(11-12)20-10-7-16(19)18-14-5-8-17-9-6-14;/h3-4,11,14,17H,5-10H2,1-2H3,(H,18,19);1H. The monoisotopic (exact) mass is 312 g/mol. The molecule has 1 saturated heterocycles. The Morgan fingerprint density at radius 3 is 2.76 bits per heavy atom. The zero-order chi connectivity index (χ0) is 14.4. The van der Waals surface area contributed by atoms with E-state index in [0.717, 1.165) is 37.2 Å². The van der Waals surface area contributed by atoms with E-state index in [1.54, 1.807) is 0 Å². The average Bonchev–Trinajstić information content (AvgIpc) is 2.44. The van der Waals surface area contributed by atoms with Gasteiger partial charge in [0.15, 0.2) is 0 Å². The Hall–Kier alpha value is -1.26. The first-order chi connectivity index (χ1) is 9.65. The molecule has 2 rings (SSSR count). The van der Waals surface area contributed by atoms with Gasteiger partial charge in [0.25, 0.3) is 0 Å². The van der Waals surface area contributed by atoms with Gasteiger partial charge in [0.05, 0.1) is 13.0 Å². The molecule has 0 atom stereocenters. The molecule has 0 bridgehead atoms. The largest absolute Gasteiger partial charge is 0.493 e. The lowest BCUT2D eigenvalue weighted by molar-refractivity contribution is -0.122. The molecule has 1 aromatic rings. The molecule has 1 aliphatic rings. The average molecular weight is 313 g/mol. The van der Waals surface area contributed by atoms with Crippen molar-refractivity contribution in [2.45, 2.75) is 39.2 Å². The van der Waals surface area contributed by atoms with Gasteiger partial charge in [-0.1, -0.05) is 12.1 Å². The van der Waals surface area contributed by atoms with Gasteiger partial charge in [-0.15, -0.1) is 12.4 Å². The third-order valence-electron chi connectivity index (χ3n) is 3.63. The van der Waals surface area contributed by atoms with Crippen LogP contribution in [-0.2, 0) is 4.79 Å². The molecule has 2 N–H and O–H groups in total. The molecular weight excluding hydrogens is 288 g/mol. The number of hydrogen-bond acceptors (Lipinski definition) is 3. The minimum absolute atomic E-state index is 0. The van der Waals surface area contributed by atoms with Crippen LogP contribution in [0.2, 0.25) is 0 Å². The van der Waals surface area contributed by atoms with Crippen LogP contribution >= 0.6 is 12.4 Å². The smallest absolute Gasteiger partial charge is 0.223 e. The van der Waals surface area contributed by atoms with Crippen LogP contribution in [-0.4, -0.2) is 31.6 Å². The van der Waals surface area contributed by atoms with Crippen molar-refractivity contribution in [1.82, 2.24) is 10.6 Å². The molecule has 0 aromatic heterocycles. The molecule has 0 saturated carbocycles. The third-order valence-corrected chi connectivity index (χ3v) is 3.63. The van der Waals surface area contributed by atoms with Gasteiger partial charge in [0.2, 0.25) is 5.91 Å². The maximum Gasteiger partial charge on any atom is 0.223 e. The van der Waals surface area contributed by atoms with E-state index in [0.29, 0.717) is 19.1 Å². The highest BCUT2D eigenvalue weighted by atomic mass is 35.5. The Kier molecular flexibility index (Phi) is 7.54. The van der Waals surface area contributed by atoms with Crippen molar-refractivity contribution in [3.63, 3.8) is 0 Å². The van der Waals surface area contributed by atoms with Gasteiger partial charge >= 0.3 is 0 Å². The number of rotatable bonds is 5. The lowest BCUT2D eigenvalue weighted by atomic mass is 10.1. The van der Waals surface area contributed by atoms with Gasteiger partial charge in [-0.25, -0.2) is 0 Å². The van der Waals surface area contributed by atoms with Gasteiger partial charge in [0.1, 0.15) is 5.75 Å². The van der Waals surface area contributed by atoms with E-state index in [1.807, 2.05) is 26.0 Å². The lowest BCUT2D eigenvalue weighted by Gasteiger charge is -2.23. The highest BCUT2D eigenvalue weighted by Gasteiger charge is 2.15. The second-order valence-corrected chi connectivity index (χ2v) is 5.46. The summed E-state index contributed by atoms with van der Waals surface area (Å²) >= 11 is 0. The van der Waals surface area contributed by atoms with Gasteiger partial charge in [-0.05, 0) is 57.0 Å². The summed E-state index contributed by atoms with van der Waals surface area (Å²) in [6.07, 6.45) is 2.45. The number of carbonyl (C=O) groups excluding carboxylic acids is 1. The van der Waals surface area contributed by atoms with Crippen LogP contribution in [0.25, 0.3) is 0 Å². The maximum atomic E-state index is 11.8. The summed E-state index contributed by atoms with van der Waals surface area (Å²) in [5, 5.41) is 6.36. The van der Waals surface area contributed by atoms with Gasteiger partial charge < -0.3 is 15.4 Å². The van der Waals surface area contributed by atoms with E-state index in [4.69, 9.17) is 4.74 Å². The van der Waals surface area contributed by atoms with Crippen LogP contribution in [0.4, 0.5) is 0 Å². The van der Waals surface area contributed by atoms with Crippen molar-refractivity contribution >= 4 is 18.3 Å². The molecule has 0 aliphatic carbocycles. The van der Waals surface area contributed by atoms with E-state index in [9.17, 15) is 4.79 Å². The van der Waals surface area contributed by atoms with Crippen LogP contribution in [0.5, 0.6) is 5.75 Å². The summed E-state index contributed by atoms with van der Waals surface area (Å²) in [5.74, 6) is 0.960. The third kappa shape index (κ3) is 5.94. The fourth-order valence-corrected chi connectivity index (χ4v) is 2.38. The SMILES string of the molecule is Cc1ccc(C)c(OCCC(=O)NC2CCNCC2)c1.Cl. The van der Waals surface area contributed by atoms with Crippen molar-refractivity contribution < 1.29 is 9.53 Å². The molecule has 118 valence electrons. The zero-order valence-corrected chi connectivity index (χ0v) is 13.6. The van der Waals surface area contributed by atoms with Crippen LogP contribution in [0.1, 0.15) is 30.4 Å². The molecule has 0 spiro atoms. The summed E-state index contributed by atoms with van der Waals surface area (Å²) < 4.78 is 5.70. The van der Waals surface area contributed by atoms with Crippen LogP contribution in [0.3, 0.4) is 0 Å². The number of piperidine rings is 1. The first kappa shape index (κ1) is 17.8. The first-order valence-electron chi connectivity index (χ1n) is 7.35. The molecule has 1 aliphatic heterocycles. The molecule has 1 fully saturated rings. The zero-order valence-electron chi connectivity index (χ0n) is 12.8. The van der Waals surface area contributed by atoms with Crippen LogP contribution in [0.15, 0.2) is 18.2 Å². The number of aryl methyl sites for hydroxylation is 2. The van der Waals surface area contributed by atoms with Crippen molar-refractivity contribution in [1.29, 1.82) is 0 Å². The summed E-state index contributed by atoms with van der Waals surface area (Å²) in [6, 6.07) is 6.44. The molecular formula is C16H25ClN2O2. The van der Waals surface area contributed by atoms with E-state index in [1.165, 1.54) is 5.56 Å². The predicted molar refractivity (Wildman–Crippen MR) is 87.3 cm³/mol. The number of carbonyl (C=O) groups is 1. The summed E-state index contributed by atoms with van der Waals surface area (Å²) in [7, 11) is 0. The Morgan fingerprint density at radius 2 is 2.05 bits per heavy atom. The molecule has 1 heterocycles. The minimum atomic E-state index is 0. The van der Waals surface area contributed by atoms with E-state index >= 15 is 0 Å². The molecule has 0 radical (unpaired) electrons. The van der Waals surface area contributed by atoms with Crippen molar-refractivity contribution in [3.05, 3.63) is 29.3 Å². The highest BCUT2D eigenvalue weighted by Crippen LogP contribution is 2.19. The number of nitrogens with one attached hydrogen (secondary N) is 2. The maximum absolute atomic E-state index is 11.8. The Morgan fingerprint density at radius 1 is 1.33 bits per heavy atom. The van der Waals surface area contributed by atoms with Crippen LogP contribution < -0.4 is 15.4 Å². The topological polar surface area (TPSA) is 50.4 Å². The van der Waals surface area contributed by atoms with Gasteiger partial charge in [-0.3, -0.25) is 4.79 Å². The molecule has 21 heavy (non-hydrogen) atoms. The predicted octanol–water partition coefficient (Wildman–Crippen LogP) is 2.36. The molecule has 5 heteroatoms. The van der Waals surface area contributed by atoms with Crippen LogP contribution in [0, 0.1) is 13.8 Å². The molecule has 0 unspecified atom stereocenters. The highest BCUT2D eigenvalue weighted by molar-refractivity contribution is 5.85. The summed E-state index contributed by atoms with van der Waals surface area (Å²) in [6.45, 7) is 6.47. The minimum Gasteiger partial charge on any atom is -0.493 e. The fraction of sp³-hybridized carbons (Fsp3) is 0.562. The Bertz CT molecular complexity index is 460. The normalized spacial score (nSPS) is 15.1. The van der Waals surface area contributed by atoms with E-state index in [-0.39, 0.29) is 18.3 Å². The fourth-order valence-electron chi connectivity index (χ4n) is 2.38. The Balaban J connectivity index is 0.00000220. The Labute approximate surface area is 133 Å². The quantitative estimate of drug-likeness (QED) is 0.877. The summed E-state index contributed by atoms with van der Waals surface area (Å²) in [5.41, 5.74) is 2.28. The van der Waals surface area contributed by atoms with Crippen molar-refractivity contribution in [2.24, 2.45) is 0 Å². The molecule has 1 amide bonds. The van der Waals surface area contributed by atoms with Gasteiger partial charge in [-0.2, -0.15) is 0 Å². The number of ether oxygens (including phenoxy) is 1. The number of amides is 1. The second-order valence-electron chi connectivity index (χ2n) is 5.46. The first-order valence-corrected chi connectivity index (χ1v) is 7.35. The van der Waals surface area contributed by atoms with Gasteiger partial charge in [0, 0.05) is 6.04 Å². The number of benzene rings is 1. The second kappa shape index (κ2) is 8.90. The molecule has 4 nitrogen and oxygen atoms in total. The lowest BCUT2D eigenvalue weighted by Crippen LogP contribution is -2.43. The number of hydrogen-bond donors (Lipinski definition) is 2. The van der Waals surface area contributed by atoms with E-state index in [2.05, 4.69) is 16.7 Å². The van der Waals surface area contributed by atoms with E-state index < -0.39 is 0 Å². The number of halogens is 1. The summed E-state index contributed by atoms with van der Waals surface area (Å²) in [4.78, 5) is 11.8. The van der Waals surface area contributed by atoms with Crippen molar-refractivity contribution in [2.75, 3.05) is 19.7 Å². The van der Waals surface area contributed by atoms with Crippen molar-refractivity contribution in [3.8, 4) is 5.75 Å². The molecule has 1 aromatic carbocycles.